The lowest BCUT2D eigenvalue weighted by Gasteiger charge is -2.27. The lowest BCUT2D eigenvalue weighted by Crippen LogP contribution is -2.42. The van der Waals surface area contributed by atoms with E-state index in [4.69, 9.17) is 10.5 Å². The predicted molar refractivity (Wildman–Crippen MR) is 96.3 cm³/mol. The summed E-state index contributed by atoms with van der Waals surface area (Å²) < 4.78 is 5.75. The monoisotopic (exact) mass is 340 g/mol. The first-order chi connectivity index (χ1) is 10.4. The molecule has 130 valence electrons. The van der Waals surface area contributed by atoms with E-state index in [0.29, 0.717) is 6.04 Å². The highest BCUT2D eigenvalue weighted by atomic mass is 35.5. The van der Waals surface area contributed by atoms with Crippen molar-refractivity contribution in [3.05, 3.63) is 29.8 Å². The van der Waals surface area contributed by atoms with Gasteiger partial charge in [-0.15, -0.1) is 12.4 Å². The molecule has 1 fully saturated rings. The molecule has 1 aromatic rings. The Morgan fingerprint density at radius 1 is 1.22 bits per heavy atom. The maximum absolute atomic E-state index is 12.1. The molecule has 1 aliphatic rings. The standard InChI is InChI=1S/C18H28N2O2.ClH/c1-18(2,3)15-6-4-5-7-16(15)22-12-17(21)20-14-10-8-13(19)9-11-14;/h4-7,13-14H,8-12,19H2,1-3H3,(H,20,21);1H. The van der Waals surface area contributed by atoms with Crippen LogP contribution in [0.4, 0.5) is 0 Å². The van der Waals surface area contributed by atoms with Gasteiger partial charge < -0.3 is 15.8 Å². The lowest BCUT2D eigenvalue weighted by atomic mass is 9.86. The molecule has 0 spiro atoms. The molecule has 1 saturated carbocycles. The van der Waals surface area contributed by atoms with Crippen LogP contribution in [0.5, 0.6) is 5.75 Å². The van der Waals surface area contributed by atoms with Crippen molar-refractivity contribution >= 4 is 18.3 Å². The van der Waals surface area contributed by atoms with Crippen molar-refractivity contribution in [1.29, 1.82) is 0 Å². The molecule has 3 N–H and O–H groups in total. The second kappa shape index (κ2) is 8.55. The predicted octanol–water partition coefficient (Wildman–Crippen LogP) is 3.17. The van der Waals surface area contributed by atoms with Crippen LogP contribution in [0.1, 0.15) is 52.0 Å². The number of hydrogen-bond donors (Lipinski definition) is 2. The molecular weight excluding hydrogens is 312 g/mol. The molecular formula is C18H29ClN2O2. The van der Waals surface area contributed by atoms with E-state index >= 15 is 0 Å². The Bertz CT molecular complexity index is 506. The van der Waals surface area contributed by atoms with Crippen LogP contribution >= 0.6 is 12.4 Å². The second-order valence-electron chi connectivity index (χ2n) is 7.21. The van der Waals surface area contributed by atoms with Crippen molar-refractivity contribution in [2.45, 2.75) is 64.0 Å². The Kier molecular flexibility index (Phi) is 7.36. The molecule has 0 bridgehead atoms. The van der Waals surface area contributed by atoms with Gasteiger partial charge in [0.05, 0.1) is 0 Å². The molecule has 0 saturated heterocycles. The van der Waals surface area contributed by atoms with Crippen LogP contribution in [-0.2, 0) is 10.2 Å². The van der Waals surface area contributed by atoms with Gasteiger partial charge in [-0.2, -0.15) is 0 Å². The third-order valence-electron chi connectivity index (χ3n) is 4.19. The van der Waals surface area contributed by atoms with Crippen LogP contribution in [0, 0.1) is 0 Å². The molecule has 0 atom stereocenters. The first-order valence-electron chi connectivity index (χ1n) is 8.13. The van der Waals surface area contributed by atoms with Gasteiger partial charge in [-0.25, -0.2) is 0 Å². The highest BCUT2D eigenvalue weighted by molar-refractivity contribution is 5.85. The topological polar surface area (TPSA) is 64.3 Å². The summed E-state index contributed by atoms with van der Waals surface area (Å²) in [5.74, 6) is 0.736. The van der Waals surface area contributed by atoms with Crippen molar-refractivity contribution in [2.24, 2.45) is 5.73 Å². The maximum atomic E-state index is 12.1. The van der Waals surface area contributed by atoms with Gasteiger partial charge in [0.25, 0.3) is 5.91 Å². The molecule has 5 heteroatoms. The fourth-order valence-corrected chi connectivity index (χ4v) is 2.89. The number of halogens is 1. The minimum Gasteiger partial charge on any atom is -0.483 e. The van der Waals surface area contributed by atoms with Gasteiger partial charge in [0.2, 0.25) is 0 Å². The number of hydrogen-bond acceptors (Lipinski definition) is 3. The van der Waals surface area contributed by atoms with Gasteiger partial charge in [0.1, 0.15) is 5.75 Å². The zero-order valence-electron chi connectivity index (χ0n) is 14.3. The molecule has 4 nitrogen and oxygen atoms in total. The van der Waals surface area contributed by atoms with Gasteiger partial charge in [-0.3, -0.25) is 4.79 Å². The molecule has 0 radical (unpaired) electrons. The molecule has 2 rings (SSSR count). The van der Waals surface area contributed by atoms with Crippen molar-refractivity contribution in [3.63, 3.8) is 0 Å². The fourth-order valence-electron chi connectivity index (χ4n) is 2.89. The highest BCUT2D eigenvalue weighted by Crippen LogP contribution is 2.30. The van der Waals surface area contributed by atoms with Gasteiger partial charge in [-0.1, -0.05) is 39.0 Å². The summed E-state index contributed by atoms with van der Waals surface area (Å²) in [6.07, 6.45) is 3.90. The number of ether oxygens (including phenoxy) is 1. The average Bonchev–Trinajstić information content (AvgIpc) is 2.47. The van der Waals surface area contributed by atoms with E-state index in [2.05, 4.69) is 32.2 Å². The van der Waals surface area contributed by atoms with E-state index in [1.807, 2.05) is 18.2 Å². The van der Waals surface area contributed by atoms with Crippen LogP contribution in [0.2, 0.25) is 0 Å². The normalized spacial score (nSPS) is 21.2. The van der Waals surface area contributed by atoms with Crippen molar-refractivity contribution in [3.8, 4) is 5.75 Å². The number of rotatable bonds is 4. The summed E-state index contributed by atoms with van der Waals surface area (Å²) in [6.45, 7) is 6.48. The SMILES string of the molecule is CC(C)(C)c1ccccc1OCC(=O)NC1CCC(N)CC1.Cl. The summed E-state index contributed by atoms with van der Waals surface area (Å²) in [4.78, 5) is 12.1. The number of carbonyl (C=O) groups excluding carboxylic acids is 1. The van der Waals surface area contributed by atoms with Crippen molar-refractivity contribution in [1.82, 2.24) is 5.32 Å². The number of amides is 1. The number of para-hydroxylation sites is 1. The smallest absolute Gasteiger partial charge is 0.258 e. The molecule has 0 aromatic heterocycles. The summed E-state index contributed by atoms with van der Waals surface area (Å²) in [5, 5.41) is 3.05. The van der Waals surface area contributed by atoms with E-state index in [1.54, 1.807) is 0 Å². The third-order valence-corrected chi connectivity index (χ3v) is 4.19. The van der Waals surface area contributed by atoms with E-state index < -0.39 is 0 Å². The van der Waals surface area contributed by atoms with Crippen LogP contribution in [0.3, 0.4) is 0 Å². The Hall–Kier alpha value is -1.26. The van der Waals surface area contributed by atoms with Gasteiger partial charge in [-0.05, 0) is 42.7 Å². The minimum absolute atomic E-state index is 0. The quantitative estimate of drug-likeness (QED) is 0.884. The highest BCUT2D eigenvalue weighted by Gasteiger charge is 2.21. The second-order valence-corrected chi connectivity index (χ2v) is 7.21. The van der Waals surface area contributed by atoms with Gasteiger partial charge in [0, 0.05) is 12.1 Å². The minimum atomic E-state index is -0.0517. The Morgan fingerprint density at radius 2 is 1.83 bits per heavy atom. The fraction of sp³-hybridized carbons (Fsp3) is 0.611. The summed E-state index contributed by atoms with van der Waals surface area (Å²) in [5.41, 5.74) is 6.99. The largest absolute Gasteiger partial charge is 0.483 e. The Balaban J connectivity index is 0.00000264. The lowest BCUT2D eigenvalue weighted by molar-refractivity contribution is -0.124. The van der Waals surface area contributed by atoms with Gasteiger partial charge in [0.15, 0.2) is 6.61 Å². The van der Waals surface area contributed by atoms with E-state index in [1.165, 1.54) is 0 Å². The first kappa shape index (κ1) is 19.8. The molecule has 1 amide bonds. The third kappa shape index (κ3) is 6.04. The van der Waals surface area contributed by atoms with Crippen LogP contribution < -0.4 is 15.8 Å². The molecule has 1 aromatic carbocycles. The van der Waals surface area contributed by atoms with Crippen molar-refractivity contribution in [2.75, 3.05) is 6.61 Å². The van der Waals surface area contributed by atoms with Crippen LogP contribution in [0.25, 0.3) is 0 Å². The molecule has 0 unspecified atom stereocenters. The van der Waals surface area contributed by atoms with E-state index in [9.17, 15) is 4.79 Å². The maximum Gasteiger partial charge on any atom is 0.258 e. The summed E-state index contributed by atoms with van der Waals surface area (Å²) in [6, 6.07) is 8.45. The van der Waals surface area contributed by atoms with Crippen LogP contribution in [0.15, 0.2) is 24.3 Å². The summed E-state index contributed by atoms with van der Waals surface area (Å²) in [7, 11) is 0. The first-order valence-corrected chi connectivity index (χ1v) is 8.13. The molecule has 1 aliphatic carbocycles. The zero-order valence-corrected chi connectivity index (χ0v) is 15.1. The molecule has 0 heterocycles. The number of nitrogens with one attached hydrogen (secondary N) is 1. The van der Waals surface area contributed by atoms with E-state index in [-0.39, 0.29) is 36.4 Å². The molecule has 0 aliphatic heterocycles. The number of carbonyl (C=O) groups is 1. The van der Waals surface area contributed by atoms with Gasteiger partial charge >= 0.3 is 0 Å². The average molecular weight is 341 g/mol. The zero-order chi connectivity index (χ0) is 16.2. The van der Waals surface area contributed by atoms with E-state index in [0.717, 1.165) is 37.0 Å². The number of nitrogens with two attached hydrogens (primary N) is 1. The summed E-state index contributed by atoms with van der Waals surface area (Å²) >= 11 is 0. The number of benzene rings is 1. The van der Waals surface area contributed by atoms with Crippen LogP contribution in [-0.4, -0.2) is 24.6 Å². The molecule has 23 heavy (non-hydrogen) atoms. The Morgan fingerprint density at radius 3 is 2.43 bits per heavy atom. The van der Waals surface area contributed by atoms with Crippen molar-refractivity contribution < 1.29 is 9.53 Å². The Labute approximate surface area is 145 Å².